The highest BCUT2D eigenvalue weighted by Gasteiger charge is 2.31. The molecule has 8 nitrogen and oxygen atoms in total. The van der Waals surface area contributed by atoms with Gasteiger partial charge < -0.3 is 19.6 Å². The molecule has 3 aromatic rings. The molecular formula is C22H21ClN4O4. The number of methoxy groups -OCH3 is 2. The summed E-state index contributed by atoms with van der Waals surface area (Å²) in [7, 11) is 3.07. The molecule has 160 valence electrons. The van der Waals surface area contributed by atoms with Gasteiger partial charge in [0.2, 0.25) is 6.10 Å². The molecule has 0 radical (unpaired) electrons. The number of carbonyl (C=O) groups excluding carboxylic acids is 1. The minimum Gasteiger partial charge on any atom is -0.496 e. The summed E-state index contributed by atoms with van der Waals surface area (Å²) >= 11 is 6.26. The van der Waals surface area contributed by atoms with Crippen LogP contribution in [-0.2, 0) is 9.63 Å². The number of aromatic nitrogens is 2. The number of rotatable bonds is 6. The molecule has 0 bridgehead atoms. The first-order chi connectivity index (χ1) is 15.0. The van der Waals surface area contributed by atoms with Crippen molar-refractivity contribution < 1.29 is 19.1 Å². The van der Waals surface area contributed by atoms with Crippen LogP contribution in [0.3, 0.4) is 0 Å². The minimum atomic E-state index is -0.792. The lowest BCUT2D eigenvalue weighted by atomic mass is 10.0. The Morgan fingerprint density at radius 2 is 1.90 bits per heavy atom. The fraction of sp³-hybridized carbons (Fsp3) is 0.227. The van der Waals surface area contributed by atoms with Gasteiger partial charge in [-0.2, -0.15) is 5.10 Å². The first-order valence-corrected chi connectivity index (χ1v) is 9.95. The van der Waals surface area contributed by atoms with Gasteiger partial charge in [0.05, 0.1) is 36.3 Å². The Bertz CT molecular complexity index is 1140. The summed E-state index contributed by atoms with van der Waals surface area (Å²) in [5.74, 6) is 1.24. The molecule has 0 saturated carbocycles. The van der Waals surface area contributed by atoms with Crippen molar-refractivity contribution in [1.82, 2.24) is 9.78 Å². The van der Waals surface area contributed by atoms with Gasteiger partial charge >= 0.3 is 0 Å². The number of halogens is 1. The van der Waals surface area contributed by atoms with Crippen LogP contribution in [0, 0.1) is 6.92 Å². The summed E-state index contributed by atoms with van der Waals surface area (Å²) in [6.45, 7) is 1.86. The van der Waals surface area contributed by atoms with Crippen LogP contribution in [0.5, 0.6) is 11.5 Å². The summed E-state index contributed by atoms with van der Waals surface area (Å²) in [6.07, 6.45) is -0.524. The highest BCUT2D eigenvalue weighted by Crippen LogP contribution is 2.35. The van der Waals surface area contributed by atoms with Gasteiger partial charge in [-0.15, -0.1) is 0 Å². The predicted molar refractivity (Wildman–Crippen MR) is 118 cm³/mol. The molecule has 2 heterocycles. The molecule has 0 spiro atoms. The van der Waals surface area contributed by atoms with Gasteiger partial charge in [-0.1, -0.05) is 35.0 Å². The molecule has 4 rings (SSSR count). The monoisotopic (exact) mass is 440 g/mol. The molecule has 9 heteroatoms. The molecule has 2 aromatic carbocycles. The molecule has 1 aliphatic heterocycles. The SMILES string of the molecule is COc1cc(OC)c(C2=NO[C@H](C(=O)Nc3cc(C)nn3-c3ccccc3)C2)cc1Cl. The third-order valence-corrected chi connectivity index (χ3v) is 5.13. The van der Waals surface area contributed by atoms with Crippen molar-refractivity contribution in [2.45, 2.75) is 19.4 Å². The molecule has 1 atom stereocenters. The number of aryl methyl sites for hydroxylation is 1. The molecule has 0 unspecified atom stereocenters. The van der Waals surface area contributed by atoms with E-state index in [9.17, 15) is 4.79 Å². The van der Waals surface area contributed by atoms with Crippen LogP contribution in [0.15, 0.2) is 53.7 Å². The zero-order valence-electron chi connectivity index (χ0n) is 17.3. The van der Waals surface area contributed by atoms with Crippen molar-refractivity contribution in [2.75, 3.05) is 19.5 Å². The first kappa shape index (κ1) is 20.7. The van der Waals surface area contributed by atoms with Gasteiger partial charge in [0.25, 0.3) is 5.91 Å². The zero-order chi connectivity index (χ0) is 22.0. The lowest BCUT2D eigenvalue weighted by Crippen LogP contribution is -2.29. The Balaban J connectivity index is 1.51. The van der Waals surface area contributed by atoms with E-state index in [2.05, 4.69) is 15.6 Å². The quantitative estimate of drug-likeness (QED) is 0.626. The maximum Gasteiger partial charge on any atom is 0.269 e. The predicted octanol–water partition coefficient (Wildman–Crippen LogP) is 3.98. The van der Waals surface area contributed by atoms with E-state index in [4.69, 9.17) is 25.9 Å². The second kappa shape index (κ2) is 8.69. The van der Waals surface area contributed by atoms with Crippen molar-refractivity contribution >= 4 is 29.0 Å². The maximum absolute atomic E-state index is 12.9. The van der Waals surface area contributed by atoms with Gasteiger partial charge in [-0.25, -0.2) is 4.68 Å². The molecule has 31 heavy (non-hydrogen) atoms. The Morgan fingerprint density at radius 3 is 2.61 bits per heavy atom. The fourth-order valence-electron chi connectivity index (χ4n) is 3.32. The molecular weight excluding hydrogens is 420 g/mol. The summed E-state index contributed by atoms with van der Waals surface area (Å²) < 4.78 is 12.3. The van der Waals surface area contributed by atoms with Gasteiger partial charge in [-0.3, -0.25) is 4.79 Å². The molecule has 0 aliphatic carbocycles. The second-order valence-corrected chi connectivity index (χ2v) is 7.34. The van der Waals surface area contributed by atoms with Crippen molar-refractivity contribution in [3.8, 4) is 17.2 Å². The smallest absolute Gasteiger partial charge is 0.269 e. The zero-order valence-corrected chi connectivity index (χ0v) is 18.0. The van der Waals surface area contributed by atoms with E-state index >= 15 is 0 Å². The van der Waals surface area contributed by atoms with Crippen LogP contribution in [0.25, 0.3) is 5.69 Å². The number of para-hydroxylation sites is 1. The molecule has 0 fully saturated rings. The Kier molecular flexibility index (Phi) is 5.81. The van der Waals surface area contributed by atoms with Gasteiger partial charge in [0, 0.05) is 24.1 Å². The second-order valence-electron chi connectivity index (χ2n) is 6.93. The number of anilines is 1. The van der Waals surface area contributed by atoms with Crippen LogP contribution >= 0.6 is 11.6 Å². The summed E-state index contributed by atoms with van der Waals surface area (Å²) in [5, 5.41) is 11.9. The first-order valence-electron chi connectivity index (χ1n) is 9.57. The third kappa shape index (κ3) is 4.20. The summed E-state index contributed by atoms with van der Waals surface area (Å²) in [5.41, 5.74) is 2.83. The number of hydrogen-bond acceptors (Lipinski definition) is 6. The largest absolute Gasteiger partial charge is 0.496 e. The van der Waals surface area contributed by atoms with Crippen LogP contribution in [-0.4, -0.2) is 41.7 Å². The Morgan fingerprint density at radius 1 is 1.16 bits per heavy atom. The van der Waals surface area contributed by atoms with E-state index in [0.717, 1.165) is 11.4 Å². The Labute approximate surface area is 184 Å². The van der Waals surface area contributed by atoms with Gasteiger partial charge in [-0.05, 0) is 25.1 Å². The van der Waals surface area contributed by atoms with Crippen LogP contribution < -0.4 is 14.8 Å². The summed E-state index contributed by atoms with van der Waals surface area (Å²) in [4.78, 5) is 18.3. The average molecular weight is 441 g/mol. The highest BCUT2D eigenvalue weighted by atomic mass is 35.5. The van der Waals surface area contributed by atoms with E-state index in [-0.39, 0.29) is 12.3 Å². The lowest BCUT2D eigenvalue weighted by Gasteiger charge is -2.12. The highest BCUT2D eigenvalue weighted by molar-refractivity contribution is 6.32. The van der Waals surface area contributed by atoms with E-state index in [1.807, 2.05) is 37.3 Å². The maximum atomic E-state index is 12.9. The summed E-state index contributed by atoms with van der Waals surface area (Å²) in [6, 6.07) is 14.7. The fourth-order valence-corrected chi connectivity index (χ4v) is 3.56. The molecule has 1 amide bonds. The number of benzene rings is 2. The van der Waals surface area contributed by atoms with E-state index in [1.54, 1.807) is 30.0 Å². The van der Waals surface area contributed by atoms with Crippen molar-refractivity contribution in [2.24, 2.45) is 5.16 Å². The topological polar surface area (TPSA) is 87.0 Å². The van der Waals surface area contributed by atoms with Crippen molar-refractivity contribution in [1.29, 1.82) is 0 Å². The number of hydrogen-bond donors (Lipinski definition) is 1. The molecule has 0 saturated heterocycles. The molecule has 1 aliphatic rings. The number of oxime groups is 1. The van der Waals surface area contributed by atoms with E-state index in [0.29, 0.717) is 33.6 Å². The van der Waals surface area contributed by atoms with Crippen LogP contribution in [0.2, 0.25) is 5.02 Å². The van der Waals surface area contributed by atoms with E-state index in [1.165, 1.54) is 7.11 Å². The minimum absolute atomic E-state index is 0.267. The average Bonchev–Trinajstić information content (AvgIpc) is 3.41. The lowest BCUT2D eigenvalue weighted by molar-refractivity contribution is -0.125. The third-order valence-electron chi connectivity index (χ3n) is 4.83. The number of amides is 1. The van der Waals surface area contributed by atoms with Crippen molar-refractivity contribution in [3.63, 3.8) is 0 Å². The molecule has 1 N–H and O–H groups in total. The molecule has 1 aromatic heterocycles. The Hall–Kier alpha value is -3.52. The standard InChI is InChI=1S/C22H21ClN4O4/c1-13-9-21(27(25-13)14-7-5-4-6-8-14)24-22(28)20-11-17(26-31-20)15-10-16(23)19(30-3)12-18(15)29-2/h4-10,12,20H,11H2,1-3H3,(H,24,28)/t20-/m0/s1. The number of nitrogens with zero attached hydrogens (tertiary/aromatic N) is 3. The van der Waals surface area contributed by atoms with Gasteiger partial charge in [0.15, 0.2) is 0 Å². The number of ether oxygens (including phenoxy) is 2. The normalized spacial score (nSPS) is 15.2. The van der Waals surface area contributed by atoms with Gasteiger partial charge in [0.1, 0.15) is 17.3 Å². The van der Waals surface area contributed by atoms with Crippen molar-refractivity contribution in [3.05, 3.63) is 64.8 Å². The van der Waals surface area contributed by atoms with Crippen LogP contribution in [0.1, 0.15) is 17.7 Å². The number of carbonyl (C=O) groups is 1. The van der Waals surface area contributed by atoms with E-state index < -0.39 is 6.10 Å². The van der Waals surface area contributed by atoms with Crippen LogP contribution in [0.4, 0.5) is 5.82 Å². The number of nitrogens with one attached hydrogen (secondary N) is 1.